The van der Waals surface area contributed by atoms with Crippen LogP contribution in [-0.2, 0) is 17.0 Å². The second kappa shape index (κ2) is 6.43. The summed E-state index contributed by atoms with van der Waals surface area (Å²) in [4.78, 5) is 0. The normalized spacial score (nSPS) is 24.1. The van der Waals surface area contributed by atoms with Gasteiger partial charge in [0.2, 0.25) is 0 Å². The van der Waals surface area contributed by atoms with Gasteiger partial charge in [0, 0.05) is 24.9 Å². The van der Waals surface area contributed by atoms with Gasteiger partial charge in [-0.05, 0) is 30.7 Å². The topological polar surface area (TPSA) is 21.3 Å². The molecule has 1 N–H and O–H groups in total. The highest BCUT2D eigenvalue weighted by molar-refractivity contribution is 7.97. The maximum absolute atomic E-state index is 5.55. The van der Waals surface area contributed by atoms with Crippen molar-refractivity contribution in [3.05, 3.63) is 35.4 Å². The molecule has 2 atom stereocenters. The summed E-state index contributed by atoms with van der Waals surface area (Å²) < 4.78 is 5.55. The van der Waals surface area contributed by atoms with Crippen molar-refractivity contribution < 1.29 is 4.74 Å². The molecular weight excluding hydrogens is 230 g/mol. The van der Waals surface area contributed by atoms with Crippen LogP contribution in [0, 0.1) is 0 Å². The Morgan fingerprint density at radius 2 is 2.24 bits per heavy atom. The number of benzene rings is 1. The summed E-state index contributed by atoms with van der Waals surface area (Å²) in [5.74, 6) is 1.09. The molecule has 1 fully saturated rings. The van der Waals surface area contributed by atoms with Crippen molar-refractivity contribution in [1.82, 2.24) is 5.32 Å². The van der Waals surface area contributed by atoms with Crippen LogP contribution in [-0.4, -0.2) is 25.0 Å². The molecule has 0 amide bonds. The summed E-state index contributed by atoms with van der Waals surface area (Å²) in [6.07, 6.45) is 3.62. The molecule has 0 spiro atoms. The molecule has 1 saturated heterocycles. The van der Waals surface area contributed by atoms with Crippen molar-refractivity contribution in [2.45, 2.75) is 37.8 Å². The maximum Gasteiger partial charge on any atom is 0.0700 e. The van der Waals surface area contributed by atoms with Crippen molar-refractivity contribution in [3.8, 4) is 0 Å². The lowest BCUT2D eigenvalue weighted by Crippen LogP contribution is -2.34. The van der Waals surface area contributed by atoms with Crippen LogP contribution >= 0.6 is 11.8 Å². The average molecular weight is 251 g/mol. The fraction of sp³-hybridized carbons (Fsp3) is 0.571. The first-order valence-corrected chi connectivity index (χ1v) is 7.60. The van der Waals surface area contributed by atoms with Crippen LogP contribution in [0.4, 0.5) is 0 Å². The molecule has 17 heavy (non-hydrogen) atoms. The third-order valence-electron chi connectivity index (χ3n) is 3.25. The van der Waals surface area contributed by atoms with Crippen molar-refractivity contribution in [2.24, 2.45) is 0 Å². The summed E-state index contributed by atoms with van der Waals surface area (Å²) in [7, 11) is 0. The highest BCUT2D eigenvalue weighted by Crippen LogP contribution is 2.15. The van der Waals surface area contributed by atoms with Gasteiger partial charge in [-0.2, -0.15) is 11.8 Å². The minimum atomic E-state index is 0.351. The highest BCUT2D eigenvalue weighted by Gasteiger charge is 2.23. The van der Waals surface area contributed by atoms with E-state index in [0.29, 0.717) is 12.1 Å². The fourth-order valence-corrected chi connectivity index (χ4v) is 2.76. The van der Waals surface area contributed by atoms with Gasteiger partial charge in [0.15, 0.2) is 0 Å². The zero-order valence-corrected chi connectivity index (χ0v) is 11.4. The Morgan fingerprint density at radius 1 is 1.41 bits per heavy atom. The van der Waals surface area contributed by atoms with Crippen LogP contribution in [0.1, 0.15) is 24.5 Å². The number of ether oxygens (including phenoxy) is 1. The van der Waals surface area contributed by atoms with Crippen LogP contribution in [0.25, 0.3) is 0 Å². The Kier molecular flexibility index (Phi) is 4.89. The van der Waals surface area contributed by atoms with Crippen LogP contribution in [0.15, 0.2) is 24.3 Å². The molecule has 1 aliphatic heterocycles. The van der Waals surface area contributed by atoms with Crippen LogP contribution < -0.4 is 5.32 Å². The number of hydrogen-bond donors (Lipinski definition) is 1. The van der Waals surface area contributed by atoms with E-state index in [4.69, 9.17) is 4.74 Å². The molecule has 0 aliphatic carbocycles. The third kappa shape index (κ3) is 3.73. The summed E-state index contributed by atoms with van der Waals surface area (Å²) in [6, 6.07) is 9.35. The molecule has 0 radical (unpaired) electrons. The molecule has 1 aliphatic rings. The molecule has 3 heteroatoms. The Hall–Kier alpha value is -0.510. The predicted octanol–water partition coefficient (Wildman–Crippen LogP) is 2.82. The molecule has 1 aromatic rings. The summed E-state index contributed by atoms with van der Waals surface area (Å²) in [6.45, 7) is 3.99. The van der Waals surface area contributed by atoms with Crippen LogP contribution in [0.5, 0.6) is 0 Å². The van der Waals surface area contributed by atoms with E-state index in [1.807, 2.05) is 11.8 Å². The predicted molar refractivity (Wildman–Crippen MR) is 74.3 cm³/mol. The molecule has 0 unspecified atom stereocenters. The summed E-state index contributed by atoms with van der Waals surface area (Å²) in [5.41, 5.74) is 2.78. The van der Waals surface area contributed by atoms with E-state index in [1.54, 1.807) is 0 Å². The second-order valence-electron chi connectivity index (χ2n) is 4.60. The first-order valence-electron chi connectivity index (χ1n) is 6.21. The van der Waals surface area contributed by atoms with Gasteiger partial charge >= 0.3 is 0 Å². The lowest BCUT2D eigenvalue weighted by atomic mass is 10.1. The van der Waals surface area contributed by atoms with Gasteiger partial charge in [-0.3, -0.25) is 0 Å². The molecule has 0 bridgehead atoms. The fourth-order valence-electron chi connectivity index (χ4n) is 2.24. The van der Waals surface area contributed by atoms with Crippen LogP contribution in [0.2, 0.25) is 0 Å². The lowest BCUT2D eigenvalue weighted by Gasteiger charge is -2.16. The first-order chi connectivity index (χ1) is 8.29. The van der Waals surface area contributed by atoms with E-state index in [0.717, 1.165) is 25.3 Å². The standard InChI is InChI=1S/C14H21NOS/c1-11-14(6-7-16-11)15-9-12-4-3-5-13(8-12)10-17-2/h3-5,8,11,14-15H,6-7,9-10H2,1-2H3/t11-,14-/m0/s1. The Balaban J connectivity index is 1.87. The molecule has 0 saturated carbocycles. The van der Waals surface area contributed by atoms with E-state index < -0.39 is 0 Å². The van der Waals surface area contributed by atoms with Gasteiger partial charge in [-0.25, -0.2) is 0 Å². The number of nitrogens with one attached hydrogen (secondary N) is 1. The van der Waals surface area contributed by atoms with Gasteiger partial charge < -0.3 is 10.1 Å². The van der Waals surface area contributed by atoms with Gasteiger partial charge in [0.05, 0.1) is 6.10 Å². The zero-order valence-electron chi connectivity index (χ0n) is 10.6. The molecule has 2 nitrogen and oxygen atoms in total. The van der Waals surface area contributed by atoms with E-state index in [2.05, 4.69) is 42.8 Å². The van der Waals surface area contributed by atoms with Gasteiger partial charge in [0.1, 0.15) is 0 Å². The van der Waals surface area contributed by atoms with Crippen LogP contribution in [0.3, 0.4) is 0 Å². The molecule has 94 valence electrons. The molecular formula is C14H21NOS. The zero-order chi connectivity index (χ0) is 12.1. The Morgan fingerprint density at radius 3 is 2.94 bits per heavy atom. The quantitative estimate of drug-likeness (QED) is 0.869. The minimum Gasteiger partial charge on any atom is -0.377 e. The van der Waals surface area contributed by atoms with Gasteiger partial charge in [-0.15, -0.1) is 0 Å². The number of thioether (sulfide) groups is 1. The largest absolute Gasteiger partial charge is 0.377 e. The van der Waals surface area contributed by atoms with Gasteiger partial charge in [0.25, 0.3) is 0 Å². The van der Waals surface area contributed by atoms with Gasteiger partial charge in [-0.1, -0.05) is 24.3 Å². The number of hydrogen-bond acceptors (Lipinski definition) is 3. The molecule has 2 rings (SSSR count). The maximum atomic E-state index is 5.55. The average Bonchev–Trinajstić information content (AvgIpc) is 2.73. The van der Waals surface area contributed by atoms with E-state index >= 15 is 0 Å². The van der Waals surface area contributed by atoms with Crippen molar-refractivity contribution >= 4 is 11.8 Å². The second-order valence-corrected chi connectivity index (χ2v) is 5.47. The monoisotopic (exact) mass is 251 g/mol. The lowest BCUT2D eigenvalue weighted by molar-refractivity contribution is 0.113. The Labute approximate surface area is 108 Å². The minimum absolute atomic E-state index is 0.351. The molecule has 0 aromatic heterocycles. The molecule has 1 aromatic carbocycles. The van der Waals surface area contributed by atoms with E-state index in [1.165, 1.54) is 11.1 Å². The summed E-state index contributed by atoms with van der Waals surface area (Å²) in [5, 5.41) is 3.59. The first kappa shape index (κ1) is 12.9. The van der Waals surface area contributed by atoms with Crippen molar-refractivity contribution in [3.63, 3.8) is 0 Å². The highest BCUT2D eigenvalue weighted by atomic mass is 32.2. The van der Waals surface area contributed by atoms with E-state index in [9.17, 15) is 0 Å². The number of rotatable bonds is 5. The SMILES string of the molecule is CSCc1cccc(CN[C@H]2CCO[C@H]2C)c1. The molecule has 1 heterocycles. The van der Waals surface area contributed by atoms with Crippen molar-refractivity contribution in [1.29, 1.82) is 0 Å². The van der Waals surface area contributed by atoms with E-state index in [-0.39, 0.29) is 0 Å². The Bertz CT molecular complexity index is 356. The summed E-state index contributed by atoms with van der Waals surface area (Å²) >= 11 is 1.87. The van der Waals surface area contributed by atoms with Crippen molar-refractivity contribution in [2.75, 3.05) is 12.9 Å². The third-order valence-corrected chi connectivity index (χ3v) is 3.87. The smallest absolute Gasteiger partial charge is 0.0700 e.